The highest BCUT2D eigenvalue weighted by atomic mass is 19.1. The van der Waals surface area contributed by atoms with Gasteiger partial charge in [-0.05, 0) is 39.3 Å². The number of hydrogen-bond donors (Lipinski definition) is 0. The molecule has 1 aromatic heterocycles. The number of imidazole rings is 1. The topological polar surface area (TPSA) is 27.1 Å². The van der Waals surface area contributed by atoms with Crippen LogP contribution in [0.5, 0.6) is 0 Å². The Bertz CT molecular complexity index is 658. The molecule has 0 bridgehead atoms. The van der Waals surface area contributed by atoms with Gasteiger partial charge in [-0.1, -0.05) is 19.9 Å². The molecule has 21 heavy (non-hydrogen) atoms. The van der Waals surface area contributed by atoms with Crippen LogP contribution in [0.25, 0.3) is 16.8 Å². The minimum Gasteiger partial charge on any atom is -0.494 e. The molecule has 0 aliphatic heterocycles. The van der Waals surface area contributed by atoms with Crippen LogP contribution in [0, 0.1) is 12.7 Å². The van der Waals surface area contributed by atoms with Crippen LogP contribution in [0.3, 0.4) is 0 Å². The Labute approximate surface area is 125 Å². The van der Waals surface area contributed by atoms with Gasteiger partial charge in [-0.2, -0.15) is 0 Å². The maximum Gasteiger partial charge on any atom is 0.151 e. The van der Waals surface area contributed by atoms with E-state index in [9.17, 15) is 4.39 Å². The fourth-order valence-corrected chi connectivity index (χ4v) is 2.50. The summed E-state index contributed by atoms with van der Waals surface area (Å²) in [5.41, 5.74) is 1.88. The molecular weight excluding hydrogens is 267 g/mol. The summed E-state index contributed by atoms with van der Waals surface area (Å²) in [5.74, 6) is 0.997. The van der Waals surface area contributed by atoms with Crippen LogP contribution >= 0.6 is 0 Å². The summed E-state index contributed by atoms with van der Waals surface area (Å²) in [6, 6.07) is 3.58. The first-order valence-electron chi connectivity index (χ1n) is 7.45. The molecule has 0 fully saturated rings. The molecule has 0 amide bonds. The highest BCUT2D eigenvalue weighted by molar-refractivity contribution is 5.81. The molecule has 0 aliphatic rings. The Hall–Kier alpha value is -1.84. The predicted octanol–water partition coefficient (Wildman–Crippen LogP) is 4.85. The zero-order valence-electron chi connectivity index (χ0n) is 13.2. The second kappa shape index (κ2) is 6.29. The summed E-state index contributed by atoms with van der Waals surface area (Å²) in [5, 5.41) is 0. The lowest BCUT2D eigenvalue weighted by Gasteiger charge is -2.13. The molecule has 0 aliphatic carbocycles. The smallest absolute Gasteiger partial charge is 0.151 e. The van der Waals surface area contributed by atoms with E-state index in [1.807, 2.05) is 17.6 Å². The molecular formula is C17H23FN2O. The van der Waals surface area contributed by atoms with Gasteiger partial charge in [0.2, 0.25) is 0 Å². The number of ether oxygens (including phenoxy) is 1. The lowest BCUT2D eigenvalue weighted by atomic mass is 10.1. The minimum atomic E-state index is -0.328. The van der Waals surface area contributed by atoms with Crippen LogP contribution in [0.2, 0.25) is 0 Å². The second-order valence-corrected chi connectivity index (χ2v) is 5.57. The molecule has 0 radical (unpaired) electrons. The van der Waals surface area contributed by atoms with E-state index in [0.29, 0.717) is 23.4 Å². The Kier molecular flexibility index (Phi) is 4.66. The standard InChI is InChI=1S/C17H23FN2O/c1-6-7-8-21-12(4)14-9-15(18)17-16(10-14)20(11(2)3)13(5)19-17/h9-11H,4,6-8H2,1-3,5H3. The molecule has 1 heterocycles. The van der Waals surface area contributed by atoms with Crippen molar-refractivity contribution in [3.05, 3.63) is 35.9 Å². The van der Waals surface area contributed by atoms with Crippen LogP contribution in [-0.4, -0.2) is 16.2 Å². The van der Waals surface area contributed by atoms with Crippen molar-refractivity contribution >= 4 is 16.8 Å². The van der Waals surface area contributed by atoms with Crippen LogP contribution in [0.4, 0.5) is 4.39 Å². The molecule has 1 aromatic carbocycles. The number of nitrogens with zero attached hydrogens (tertiary/aromatic N) is 2. The highest BCUT2D eigenvalue weighted by Crippen LogP contribution is 2.27. The van der Waals surface area contributed by atoms with E-state index >= 15 is 0 Å². The zero-order chi connectivity index (χ0) is 15.6. The largest absolute Gasteiger partial charge is 0.494 e. The molecule has 2 rings (SSSR count). The Morgan fingerprint density at radius 1 is 1.43 bits per heavy atom. The van der Waals surface area contributed by atoms with Crippen LogP contribution < -0.4 is 0 Å². The molecule has 4 heteroatoms. The summed E-state index contributed by atoms with van der Waals surface area (Å²) in [6.07, 6.45) is 2.02. The molecule has 0 spiro atoms. The first-order chi connectivity index (χ1) is 9.95. The number of benzene rings is 1. The molecule has 114 valence electrons. The molecule has 0 unspecified atom stereocenters. The Morgan fingerprint density at radius 2 is 2.14 bits per heavy atom. The maximum absolute atomic E-state index is 14.3. The minimum absolute atomic E-state index is 0.221. The second-order valence-electron chi connectivity index (χ2n) is 5.57. The number of hydrogen-bond acceptors (Lipinski definition) is 2. The van der Waals surface area contributed by atoms with Crippen molar-refractivity contribution in [3.63, 3.8) is 0 Å². The van der Waals surface area contributed by atoms with Gasteiger partial charge in [-0.25, -0.2) is 9.37 Å². The number of rotatable bonds is 6. The lowest BCUT2D eigenvalue weighted by Crippen LogP contribution is -2.03. The van der Waals surface area contributed by atoms with Gasteiger partial charge in [0.05, 0.1) is 12.1 Å². The number of unbranched alkanes of at least 4 members (excludes halogenated alkanes) is 1. The monoisotopic (exact) mass is 290 g/mol. The average Bonchev–Trinajstić information content (AvgIpc) is 2.75. The van der Waals surface area contributed by atoms with Crippen LogP contribution in [-0.2, 0) is 4.74 Å². The van der Waals surface area contributed by atoms with E-state index in [4.69, 9.17) is 4.74 Å². The summed E-state index contributed by atoms with van der Waals surface area (Å²) >= 11 is 0. The third-order valence-corrected chi connectivity index (χ3v) is 3.54. The molecule has 2 aromatic rings. The van der Waals surface area contributed by atoms with Crippen LogP contribution in [0.1, 0.15) is 51.0 Å². The summed E-state index contributed by atoms with van der Waals surface area (Å²) in [6.45, 7) is 12.6. The first-order valence-corrected chi connectivity index (χ1v) is 7.45. The number of fused-ring (bicyclic) bond motifs is 1. The quantitative estimate of drug-likeness (QED) is 0.561. The van der Waals surface area contributed by atoms with Gasteiger partial charge in [0, 0.05) is 11.6 Å². The van der Waals surface area contributed by atoms with Crippen molar-refractivity contribution in [2.45, 2.75) is 46.6 Å². The predicted molar refractivity (Wildman–Crippen MR) is 84.7 cm³/mol. The fourth-order valence-electron chi connectivity index (χ4n) is 2.50. The van der Waals surface area contributed by atoms with Gasteiger partial charge in [-0.3, -0.25) is 0 Å². The first kappa shape index (κ1) is 15.5. The Balaban J connectivity index is 2.43. The molecule has 0 saturated heterocycles. The normalized spacial score (nSPS) is 11.3. The van der Waals surface area contributed by atoms with E-state index in [2.05, 4.69) is 32.3 Å². The third-order valence-electron chi connectivity index (χ3n) is 3.54. The molecule has 0 atom stereocenters. The number of aromatic nitrogens is 2. The lowest BCUT2D eigenvalue weighted by molar-refractivity contribution is 0.271. The van der Waals surface area contributed by atoms with Crippen molar-refractivity contribution in [1.82, 2.24) is 9.55 Å². The average molecular weight is 290 g/mol. The van der Waals surface area contributed by atoms with Crippen molar-refractivity contribution in [3.8, 4) is 0 Å². The van der Waals surface area contributed by atoms with Crippen molar-refractivity contribution in [2.75, 3.05) is 6.61 Å². The van der Waals surface area contributed by atoms with E-state index in [-0.39, 0.29) is 11.9 Å². The van der Waals surface area contributed by atoms with Gasteiger partial charge in [0.25, 0.3) is 0 Å². The van der Waals surface area contributed by atoms with Gasteiger partial charge in [0.15, 0.2) is 5.82 Å². The highest BCUT2D eigenvalue weighted by Gasteiger charge is 2.16. The number of halogens is 1. The Morgan fingerprint density at radius 3 is 2.76 bits per heavy atom. The van der Waals surface area contributed by atoms with Crippen LogP contribution in [0.15, 0.2) is 18.7 Å². The van der Waals surface area contributed by atoms with E-state index in [1.54, 1.807) is 0 Å². The van der Waals surface area contributed by atoms with E-state index in [1.165, 1.54) is 6.07 Å². The van der Waals surface area contributed by atoms with Gasteiger partial charge < -0.3 is 9.30 Å². The van der Waals surface area contributed by atoms with E-state index in [0.717, 1.165) is 24.2 Å². The van der Waals surface area contributed by atoms with Crippen molar-refractivity contribution in [1.29, 1.82) is 0 Å². The van der Waals surface area contributed by atoms with Gasteiger partial charge in [-0.15, -0.1) is 0 Å². The van der Waals surface area contributed by atoms with Gasteiger partial charge >= 0.3 is 0 Å². The van der Waals surface area contributed by atoms with Crippen molar-refractivity contribution < 1.29 is 9.13 Å². The van der Waals surface area contributed by atoms with E-state index < -0.39 is 0 Å². The SMILES string of the molecule is C=C(OCCCC)c1cc(F)c2nc(C)n(C(C)C)c2c1. The molecule has 0 saturated carbocycles. The van der Waals surface area contributed by atoms with Gasteiger partial charge in [0.1, 0.15) is 17.1 Å². The zero-order valence-corrected chi connectivity index (χ0v) is 13.2. The summed E-state index contributed by atoms with van der Waals surface area (Å²) < 4.78 is 21.9. The summed E-state index contributed by atoms with van der Waals surface area (Å²) in [4.78, 5) is 4.33. The molecule has 3 nitrogen and oxygen atoms in total. The van der Waals surface area contributed by atoms with Crippen molar-refractivity contribution in [2.24, 2.45) is 0 Å². The molecule has 0 N–H and O–H groups in total. The maximum atomic E-state index is 14.3. The fraction of sp³-hybridized carbons (Fsp3) is 0.471. The third kappa shape index (κ3) is 3.09. The summed E-state index contributed by atoms with van der Waals surface area (Å²) in [7, 11) is 0. The number of aryl methyl sites for hydroxylation is 1.